The zero-order chi connectivity index (χ0) is 14.8. The smallest absolute Gasteiger partial charge is 0.293 e. The summed E-state index contributed by atoms with van der Waals surface area (Å²) in [5.74, 6) is 1.08. The molecule has 114 valence electrons. The van der Waals surface area contributed by atoms with Gasteiger partial charge in [-0.3, -0.25) is 9.59 Å². The molecule has 1 aliphatic heterocycles. The Morgan fingerprint density at radius 3 is 2.81 bits per heavy atom. The van der Waals surface area contributed by atoms with E-state index in [0.717, 1.165) is 32.4 Å². The van der Waals surface area contributed by atoms with Crippen molar-refractivity contribution in [1.29, 1.82) is 0 Å². The topological polar surface area (TPSA) is 58.4 Å². The highest BCUT2D eigenvalue weighted by molar-refractivity contribution is 5.81. The second-order valence-corrected chi connectivity index (χ2v) is 5.78. The van der Waals surface area contributed by atoms with Crippen molar-refractivity contribution in [3.05, 3.63) is 22.7 Å². The molecule has 2 heterocycles. The van der Waals surface area contributed by atoms with Gasteiger partial charge in [0, 0.05) is 51.0 Å². The Bertz CT molecular complexity index is 579. The summed E-state index contributed by atoms with van der Waals surface area (Å²) in [6, 6.07) is 0. The molecule has 1 saturated heterocycles. The number of amides is 1. The van der Waals surface area contributed by atoms with Gasteiger partial charge in [0.1, 0.15) is 0 Å². The van der Waals surface area contributed by atoms with Crippen molar-refractivity contribution in [3.63, 3.8) is 0 Å². The van der Waals surface area contributed by atoms with E-state index in [0.29, 0.717) is 31.4 Å². The highest BCUT2D eigenvalue weighted by Gasteiger charge is 2.34. The lowest BCUT2D eigenvalue weighted by Crippen LogP contribution is -2.38. The minimum Gasteiger partial charge on any atom is -0.350 e. The summed E-state index contributed by atoms with van der Waals surface area (Å²) in [6.45, 7) is 5.55. The van der Waals surface area contributed by atoms with Crippen LogP contribution >= 0.6 is 0 Å². The Balaban J connectivity index is 1.73. The van der Waals surface area contributed by atoms with Crippen LogP contribution < -0.4 is 10.5 Å². The largest absolute Gasteiger partial charge is 0.350 e. The molecule has 0 N–H and O–H groups in total. The lowest BCUT2D eigenvalue weighted by Gasteiger charge is -2.22. The van der Waals surface area contributed by atoms with Crippen LogP contribution in [0.5, 0.6) is 0 Å². The van der Waals surface area contributed by atoms with E-state index in [4.69, 9.17) is 0 Å². The molecule has 21 heavy (non-hydrogen) atoms. The first-order chi connectivity index (χ1) is 10.2. The van der Waals surface area contributed by atoms with Gasteiger partial charge in [0.2, 0.25) is 5.91 Å². The van der Waals surface area contributed by atoms with Gasteiger partial charge in [0.05, 0.1) is 0 Å². The fourth-order valence-electron chi connectivity index (χ4n) is 2.84. The first-order valence-electron chi connectivity index (χ1n) is 7.80. The predicted octanol–water partition coefficient (Wildman–Crippen LogP) is 0.712. The molecule has 0 unspecified atom stereocenters. The van der Waals surface area contributed by atoms with Crippen LogP contribution in [0.1, 0.15) is 26.2 Å². The summed E-state index contributed by atoms with van der Waals surface area (Å²) >= 11 is 0. The van der Waals surface area contributed by atoms with Crippen LogP contribution in [0.15, 0.2) is 17.2 Å². The molecule has 1 aromatic rings. The molecule has 0 atom stereocenters. The number of nitrogens with zero attached hydrogens (tertiary/aromatic N) is 4. The second kappa shape index (κ2) is 5.87. The Kier molecular flexibility index (Phi) is 3.94. The molecule has 2 aliphatic rings. The van der Waals surface area contributed by atoms with Crippen LogP contribution in [0.3, 0.4) is 0 Å². The van der Waals surface area contributed by atoms with Gasteiger partial charge in [0.25, 0.3) is 5.56 Å². The summed E-state index contributed by atoms with van der Waals surface area (Å²) in [5, 5.41) is 0. The van der Waals surface area contributed by atoms with Crippen LogP contribution in [0, 0.1) is 5.92 Å². The first kappa shape index (κ1) is 14.1. The maximum absolute atomic E-state index is 12.3. The minimum absolute atomic E-state index is 0.0398. The first-order valence-corrected chi connectivity index (χ1v) is 7.80. The van der Waals surface area contributed by atoms with Crippen LogP contribution in [0.4, 0.5) is 5.82 Å². The number of aromatic nitrogens is 2. The zero-order valence-corrected chi connectivity index (χ0v) is 12.5. The highest BCUT2D eigenvalue weighted by atomic mass is 16.2. The maximum atomic E-state index is 12.3. The summed E-state index contributed by atoms with van der Waals surface area (Å²) < 4.78 is 1.67. The Labute approximate surface area is 124 Å². The van der Waals surface area contributed by atoms with Gasteiger partial charge in [-0.05, 0) is 26.2 Å². The number of anilines is 1. The van der Waals surface area contributed by atoms with Crippen molar-refractivity contribution in [2.45, 2.75) is 32.7 Å². The van der Waals surface area contributed by atoms with Gasteiger partial charge in [-0.1, -0.05) is 0 Å². The average molecular weight is 290 g/mol. The molecule has 1 aromatic heterocycles. The number of aryl methyl sites for hydroxylation is 1. The van der Waals surface area contributed by atoms with Gasteiger partial charge >= 0.3 is 0 Å². The number of carbonyl (C=O) groups excluding carboxylic acids is 1. The van der Waals surface area contributed by atoms with E-state index in [1.807, 2.05) is 16.7 Å². The molecule has 1 amide bonds. The van der Waals surface area contributed by atoms with E-state index in [9.17, 15) is 9.59 Å². The minimum atomic E-state index is -0.0398. The van der Waals surface area contributed by atoms with E-state index < -0.39 is 0 Å². The normalized spacial score (nSPS) is 19.5. The van der Waals surface area contributed by atoms with Gasteiger partial charge < -0.3 is 14.4 Å². The maximum Gasteiger partial charge on any atom is 0.293 e. The standard InChI is InChI=1S/C15H22N4O2/c1-2-17-9-6-16-13(15(17)21)18-7-3-8-19(11-10-18)14(20)12-4-5-12/h6,9,12H,2-5,7-8,10-11H2,1H3. The van der Waals surface area contributed by atoms with E-state index in [1.165, 1.54) is 0 Å². The second-order valence-electron chi connectivity index (χ2n) is 5.78. The van der Waals surface area contributed by atoms with Gasteiger partial charge in [-0.15, -0.1) is 0 Å². The Morgan fingerprint density at radius 2 is 2.10 bits per heavy atom. The third-order valence-electron chi connectivity index (χ3n) is 4.27. The van der Waals surface area contributed by atoms with Crippen LogP contribution in [-0.2, 0) is 11.3 Å². The number of rotatable bonds is 3. The number of hydrogen-bond acceptors (Lipinski definition) is 4. The quantitative estimate of drug-likeness (QED) is 0.823. The van der Waals surface area contributed by atoms with Crippen molar-refractivity contribution in [3.8, 4) is 0 Å². The SMILES string of the molecule is CCn1ccnc(N2CCCN(C(=O)C3CC3)CC2)c1=O. The molecule has 0 radical (unpaired) electrons. The van der Waals surface area contributed by atoms with Gasteiger partial charge in [0.15, 0.2) is 5.82 Å². The molecule has 6 heteroatoms. The van der Waals surface area contributed by atoms with Gasteiger partial charge in [-0.25, -0.2) is 4.98 Å². The third kappa shape index (κ3) is 2.94. The molecule has 0 spiro atoms. The highest BCUT2D eigenvalue weighted by Crippen LogP contribution is 2.31. The number of carbonyl (C=O) groups is 1. The Hall–Kier alpha value is -1.85. The van der Waals surface area contributed by atoms with E-state index >= 15 is 0 Å². The van der Waals surface area contributed by atoms with E-state index in [1.54, 1.807) is 17.0 Å². The zero-order valence-electron chi connectivity index (χ0n) is 12.5. The fraction of sp³-hybridized carbons (Fsp3) is 0.667. The van der Waals surface area contributed by atoms with Crippen molar-refractivity contribution < 1.29 is 4.79 Å². The molecule has 6 nitrogen and oxygen atoms in total. The average Bonchev–Trinajstić information content (AvgIpc) is 3.33. The molecule has 2 fully saturated rings. The van der Waals surface area contributed by atoms with E-state index in [-0.39, 0.29) is 11.5 Å². The third-order valence-corrected chi connectivity index (χ3v) is 4.27. The van der Waals surface area contributed by atoms with Crippen LogP contribution in [0.25, 0.3) is 0 Å². The molecule has 3 rings (SSSR count). The lowest BCUT2D eigenvalue weighted by molar-refractivity contribution is -0.132. The van der Waals surface area contributed by atoms with Crippen LogP contribution in [0.2, 0.25) is 0 Å². The summed E-state index contributed by atoms with van der Waals surface area (Å²) in [7, 11) is 0. The van der Waals surface area contributed by atoms with E-state index in [2.05, 4.69) is 4.98 Å². The molecule has 1 aliphatic carbocycles. The molecular formula is C15H22N4O2. The fourth-order valence-corrected chi connectivity index (χ4v) is 2.84. The van der Waals surface area contributed by atoms with Crippen molar-refractivity contribution in [2.24, 2.45) is 5.92 Å². The molecule has 1 saturated carbocycles. The van der Waals surface area contributed by atoms with Crippen molar-refractivity contribution >= 4 is 11.7 Å². The van der Waals surface area contributed by atoms with Crippen molar-refractivity contribution in [2.75, 3.05) is 31.1 Å². The summed E-state index contributed by atoms with van der Waals surface area (Å²) in [6.07, 6.45) is 6.37. The van der Waals surface area contributed by atoms with Gasteiger partial charge in [-0.2, -0.15) is 0 Å². The molecular weight excluding hydrogens is 268 g/mol. The summed E-state index contributed by atoms with van der Waals surface area (Å²) in [4.78, 5) is 32.7. The lowest BCUT2D eigenvalue weighted by atomic mass is 10.3. The van der Waals surface area contributed by atoms with Crippen molar-refractivity contribution in [1.82, 2.24) is 14.5 Å². The number of hydrogen-bond donors (Lipinski definition) is 0. The monoisotopic (exact) mass is 290 g/mol. The Morgan fingerprint density at radius 1 is 1.29 bits per heavy atom. The molecule has 0 aromatic carbocycles. The molecule has 0 bridgehead atoms. The summed E-state index contributed by atoms with van der Waals surface area (Å²) in [5.41, 5.74) is -0.0398. The van der Waals surface area contributed by atoms with Crippen LogP contribution in [-0.4, -0.2) is 46.5 Å². The predicted molar refractivity (Wildman–Crippen MR) is 80.3 cm³/mol.